The molecule has 0 aromatic carbocycles. The van der Waals surface area contributed by atoms with E-state index in [0.717, 1.165) is 17.7 Å². The highest BCUT2D eigenvalue weighted by molar-refractivity contribution is 7.19. The van der Waals surface area contributed by atoms with Crippen molar-refractivity contribution in [3.8, 4) is 16.6 Å². The minimum absolute atomic E-state index is 0.364. The molecule has 0 bridgehead atoms. The Balaban J connectivity index is 2.48. The number of thiazole rings is 1. The molecule has 6 heteroatoms. The van der Waals surface area contributed by atoms with E-state index in [1.807, 2.05) is 18.9 Å². The van der Waals surface area contributed by atoms with Crippen LogP contribution in [0.1, 0.15) is 12.6 Å². The zero-order valence-electron chi connectivity index (χ0n) is 10.0. The predicted molar refractivity (Wildman–Crippen MR) is 69.0 cm³/mol. The standard InChI is InChI=1S/C12H11FN4S/c1-3-17(2)12-10(5-14)16-11(18-12)8-4-9(13)7-15-6-8/h4,6-7H,3H2,1-2H3. The van der Waals surface area contributed by atoms with E-state index in [2.05, 4.69) is 16.0 Å². The van der Waals surface area contributed by atoms with Crippen molar-refractivity contribution in [2.75, 3.05) is 18.5 Å². The molecular weight excluding hydrogens is 251 g/mol. The minimum atomic E-state index is -0.411. The number of pyridine rings is 1. The first kappa shape index (κ1) is 12.5. The van der Waals surface area contributed by atoms with Crippen LogP contribution in [0.2, 0.25) is 0 Å². The summed E-state index contributed by atoms with van der Waals surface area (Å²) < 4.78 is 13.1. The van der Waals surface area contributed by atoms with Gasteiger partial charge in [-0.05, 0) is 13.0 Å². The van der Waals surface area contributed by atoms with Crippen LogP contribution in [0.5, 0.6) is 0 Å². The van der Waals surface area contributed by atoms with E-state index in [1.54, 1.807) is 6.20 Å². The van der Waals surface area contributed by atoms with Gasteiger partial charge in [-0.2, -0.15) is 5.26 Å². The van der Waals surface area contributed by atoms with Gasteiger partial charge in [-0.1, -0.05) is 11.3 Å². The van der Waals surface area contributed by atoms with Crippen molar-refractivity contribution in [2.45, 2.75) is 6.92 Å². The molecule has 0 amide bonds. The Morgan fingerprint density at radius 2 is 2.28 bits per heavy atom. The van der Waals surface area contributed by atoms with Crippen LogP contribution in [-0.4, -0.2) is 23.6 Å². The lowest BCUT2D eigenvalue weighted by molar-refractivity contribution is 0.622. The van der Waals surface area contributed by atoms with E-state index >= 15 is 0 Å². The lowest BCUT2D eigenvalue weighted by atomic mass is 10.3. The fraction of sp³-hybridized carbons (Fsp3) is 0.250. The molecule has 0 atom stereocenters. The number of hydrogen-bond acceptors (Lipinski definition) is 5. The number of nitriles is 1. The lowest BCUT2D eigenvalue weighted by Gasteiger charge is -2.12. The molecule has 0 aliphatic rings. The highest BCUT2D eigenvalue weighted by atomic mass is 32.1. The van der Waals surface area contributed by atoms with Crippen LogP contribution in [0.4, 0.5) is 9.39 Å². The van der Waals surface area contributed by atoms with Crippen LogP contribution < -0.4 is 4.90 Å². The number of nitrogens with zero attached hydrogens (tertiary/aromatic N) is 4. The van der Waals surface area contributed by atoms with Crippen molar-refractivity contribution >= 4 is 16.3 Å². The molecule has 0 fully saturated rings. The zero-order chi connectivity index (χ0) is 13.1. The molecule has 0 spiro atoms. The van der Waals surface area contributed by atoms with Gasteiger partial charge in [-0.15, -0.1) is 0 Å². The molecule has 0 aliphatic carbocycles. The smallest absolute Gasteiger partial charge is 0.175 e. The highest BCUT2D eigenvalue weighted by Crippen LogP contribution is 2.33. The van der Waals surface area contributed by atoms with Gasteiger partial charge >= 0.3 is 0 Å². The Kier molecular flexibility index (Phi) is 3.53. The van der Waals surface area contributed by atoms with Crippen LogP contribution in [-0.2, 0) is 0 Å². The highest BCUT2D eigenvalue weighted by Gasteiger charge is 2.15. The second-order valence-corrected chi connectivity index (χ2v) is 4.67. The topological polar surface area (TPSA) is 52.8 Å². The Morgan fingerprint density at radius 1 is 1.50 bits per heavy atom. The summed E-state index contributed by atoms with van der Waals surface area (Å²) in [7, 11) is 1.89. The Labute approximate surface area is 108 Å². The van der Waals surface area contributed by atoms with Gasteiger partial charge in [0.05, 0.1) is 6.20 Å². The van der Waals surface area contributed by atoms with Gasteiger partial charge in [-0.3, -0.25) is 4.98 Å². The van der Waals surface area contributed by atoms with Gasteiger partial charge in [-0.25, -0.2) is 9.37 Å². The van der Waals surface area contributed by atoms with E-state index < -0.39 is 5.82 Å². The summed E-state index contributed by atoms with van der Waals surface area (Å²) in [5.41, 5.74) is 0.955. The van der Waals surface area contributed by atoms with Crippen LogP contribution in [0.25, 0.3) is 10.6 Å². The summed E-state index contributed by atoms with van der Waals surface area (Å²) in [5, 5.41) is 10.5. The zero-order valence-corrected chi connectivity index (χ0v) is 10.8. The van der Waals surface area contributed by atoms with E-state index in [4.69, 9.17) is 5.26 Å². The maximum atomic E-state index is 13.1. The monoisotopic (exact) mass is 262 g/mol. The molecule has 0 radical (unpaired) electrons. The number of rotatable bonds is 3. The van der Waals surface area contributed by atoms with Gasteiger partial charge in [0.25, 0.3) is 0 Å². The van der Waals surface area contributed by atoms with Gasteiger partial charge < -0.3 is 4.90 Å². The molecule has 92 valence electrons. The fourth-order valence-electron chi connectivity index (χ4n) is 1.44. The van der Waals surface area contributed by atoms with Crippen LogP contribution in [0, 0.1) is 17.1 Å². The number of aromatic nitrogens is 2. The van der Waals surface area contributed by atoms with E-state index in [0.29, 0.717) is 16.3 Å². The molecule has 0 aliphatic heterocycles. The summed E-state index contributed by atoms with van der Waals surface area (Å²) in [6.07, 6.45) is 2.68. The Hall–Kier alpha value is -2.00. The maximum absolute atomic E-state index is 13.1. The first-order chi connectivity index (χ1) is 8.65. The summed E-state index contributed by atoms with van der Waals surface area (Å²) in [6, 6.07) is 3.42. The summed E-state index contributed by atoms with van der Waals surface area (Å²) in [4.78, 5) is 9.94. The third-order valence-corrected chi connectivity index (χ3v) is 3.71. The fourth-order valence-corrected chi connectivity index (χ4v) is 2.46. The van der Waals surface area contributed by atoms with Crippen molar-refractivity contribution in [1.29, 1.82) is 5.26 Å². The van der Waals surface area contributed by atoms with Crippen LogP contribution >= 0.6 is 11.3 Å². The molecule has 0 N–H and O–H groups in total. The van der Waals surface area contributed by atoms with Crippen molar-refractivity contribution in [3.63, 3.8) is 0 Å². The summed E-state index contributed by atoms with van der Waals surface area (Å²) in [5.74, 6) is -0.411. The third kappa shape index (κ3) is 2.31. The molecule has 0 saturated heterocycles. The molecular formula is C12H11FN4S. The first-order valence-electron chi connectivity index (χ1n) is 5.38. The van der Waals surface area contributed by atoms with E-state index in [-0.39, 0.29) is 0 Å². The normalized spacial score (nSPS) is 10.1. The third-order valence-electron chi connectivity index (χ3n) is 2.49. The van der Waals surface area contributed by atoms with Gasteiger partial charge in [0.1, 0.15) is 21.9 Å². The average molecular weight is 262 g/mol. The van der Waals surface area contributed by atoms with Crippen LogP contribution in [0.3, 0.4) is 0 Å². The summed E-state index contributed by atoms with van der Waals surface area (Å²) in [6.45, 7) is 2.77. The Bertz CT molecular complexity index is 602. The number of anilines is 1. The molecule has 0 unspecified atom stereocenters. The second kappa shape index (κ2) is 5.10. The maximum Gasteiger partial charge on any atom is 0.175 e. The molecule has 4 nitrogen and oxygen atoms in total. The molecule has 2 aromatic rings. The molecule has 2 heterocycles. The van der Waals surface area contributed by atoms with Gasteiger partial charge in [0.2, 0.25) is 0 Å². The molecule has 2 rings (SSSR count). The molecule has 2 aromatic heterocycles. The van der Waals surface area contributed by atoms with Crippen molar-refractivity contribution in [2.24, 2.45) is 0 Å². The van der Waals surface area contributed by atoms with Crippen molar-refractivity contribution in [1.82, 2.24) is 9.97 Å². The molecule has 0 saturated carbocycles. The number of halogens is 1. The van der Waals surface area contributed by atoms with Gasteiger partial charge in [0.15, 0.2) is 5.69 Å². The predicted octanol–water partition coefficient (Wildman–Crippen LogP) is 2.67. The van der Waals surface area contributed by atoms with E-state index in [9.17, 15) is 4.39 Å². The van der Waals surface area contributed by atoms with E-state index in [1.165, 1.54) is 17.4 Å². The SMILES string of the molecule is CCN(C)c1sc(-c2cncc(F)c2)nc1C#N. The second-order valence-electron chi connectivity index (χ2n) is 3.69. The summed E-state index contributed by atoms with van der Waals surface area (Å²) >= 11 is 1.36. The van der Waals surface area contributed by atoms with Gasteiger partial charge in [0, 0.05) is 25.4 Å². The van der Waals surface area contributed by atoms with Crippen molar-refractivity contribution in [3.05, 3.63) is 30.0 Å². The first-order valence-corrected chi connectivity index (χ1v) is 6.20. The lowest BCUT2D eigenvalue weighted by Crippen LogP contribution is -2.15. The Morgan fingerprint density at radius 3 is 2.89 bits per heavy atom. The average Bonchev–Trinajstić information content (AvgIpc) is 2.82. The minimum Gasteiger partial charge on any atom is -0.364 e. The van der Waals surface area contributed by atoms with Crippen molar-refractivity contribution < 1.29 is 4.39 Å². The van der Waals surface area contributed by atoms with Crippen LogP contribution in [0.15, 0.2) is 18.5 Å². The molecule has 18 heavy (non-hydrogen) atoms. The quantitative estimate of drug-likeness (QED) is 0.853. The number of hydrogen-bond donors (Lipinski definition) is 0. The largest absolute Gasteiger partial charge is 0.364 e.